The van der Waals surface area contributed by atoms with Gasteiger partial charge in [-0.05, 0) is 30.5 Å². The van der Waals surface area contributed by atoms with Gasteiger partial charge in [0.1, 0.15) is 0 Å². The molecule has 2 N–H and O–H groups in total. The Hall–Kier alpha value is -1.68. The van der Waals surface area contributed by atoms with Crippen LogP contribution in [-0.2, 0) is 24.3 Å². The number of carbonyl (C=O) groups excluding carboxylic acids is 2. The molecule has 1 aliphatic heterocycles. The highest BCUT2D eigenvalue weighted by molar-refractivity contribution is 7.89. The van der Waals surface area contributed by atoms with Crippen molar-refractivity contribution >= 4 is 39.1 Å². The van der Waals surface area contributed by atoms with Crippen LogP contribution in [0.15, 0.2) is 23.1 Å². The van der Waals surface area contributed by atoms with Gasteiger partial charge in [0.25, 0.3) is 0 Å². The minimum atomic E-state index is -3.74. The first kappa shape index (κ1) is 21.6. The van der Waals surface area contributed by atoms with Gasteiger partial charge in [0.15, 0.2) is 0 Å². The van der Waals surface area contributed by atoms with E-state index >= 15 is 0 Å². The Labute approximate surface area is 164 Å². The highest BCUT2D eigenvalue weighted by Crippen LogP contribution is 2.27. The fourth-order valence-electron chi connectivity index (χ4n) is 2.43. The number of ether oxygens (including phenoxy) is 1. The molecule has 2 amide bonds. The zero-order chi connectivity index (χ0) is 20.0. The summed E-state index contributed by atoms with van der Waals surface area (Å²) >= 11 is 6.05. The highest BCUT2D eigenvalue weighted by Gasteiger charge is 2.27. The lowest BCUT2D eigenvalue weighted by molar-refractivity contribution is -0.136. The molecule has 150 valence electrons. The zero-order valence-corrected chi connectivity index (χ0v) is 16.9. The van der Waals surface area contributed by atoms with Crippen molar-refractivity contribution < 1.29 is 22.7 Å². The Morgan fingerprint density at radius 1 is 1.22 bits per heavy atom. The Bertz CT molecular complexity index is 792. The number of amides is 2. The smallest absolute Gasteiger partial charge is 0.313 e. The van der Waals surface area contributed by atoms with Gasteiger partial charge in [0, 0.05) is 19.6 Å². The van der Waals surface area contributed by atoms with Gasteiger partial charge in [0.05, 0.1) is 28.8 Å². The van der Waals surface area contributed by atoms with E-state index in [9.17, 15) is 18.0 Å². The topological polar surface area (TPSA) is 105 Å². The van der Waals surface area contributed by atoms with E-state index in [1.165, 1.54) is 22.5 Å². The van der Waals surface area contributed by atoms with Crippen LogP contribution in [0.2, 0.25) is 5.02 Å². The number of hydrogen-bond acceptors (Lipinski definition) is 5. The third-order valence-corrected chi connectivity index (χ3v) is 6.23. The van der Waals surface area contributed by atoms with E-state index in [4.69, 9.17) is 16.3 Å². The number of sulfonamides is 1. The fourth-order valence-corrected chi connectivity index (χ4v) is 4.03. The van der Waals surface area contributed by atoms with E-state index in [-0.39, 0.29) is 28.7 Å². The molecular weight excluding hydrogens is 394 g/mol. The van der Waals surface area contributed by atoms with Crippen molar-refractivity contribution in [1.82, 2.24) is 9.62 Å². The van der Waals surface area contributed by atoms with Gasteiger partial charge in [-0.3, -0.25) is 9.59 Å². The Morgan fingerprint density at radius 3 is 2.52 bits per heavy atom. The number of hydrogen-bond donors (Lipinski definition) is 2. The van der Waals surface area contributed by atoms with Crippen molar-refractivity contribution in [3.05, 3.63) is 23.2 Å². The minimum Gasteiger partial charge on any atom is -0.379 e. The summed E-state index contributed by atoms with van der Waals surface area (Å²) in [6.45, 7) is 5.55. The maximum Gasteiger partial charge on any atom is 0.313 e. The molecule has 1 heterocycles. The minimum absolute atomic E-state index is 0.00989. The molecule has 0 atom stereocenters. The monoisotopic (exact) mass is 417 g/mol. The van der Waals surface area contributed by atoms with Gasteiger partial charge in [0.2, 0.25) is 10.0 Å². The lowest BCUT2D eigenvalue weighted by atomic mass is 10.1. The maximum absolute atomic E-state index is 12.7. The second-order valence-electron chi connectivity index (χ2n) is 6.55. The average Bonchev–Trinajstić information content (AvgIpc) is 2.63. The Morgan fingerprint density at radius 2 is 1.89 bits per heavy atom. The number of halogens is 1. The summed E-state index contributed by atoms with van der Waals surface area (Å²) in [5.41, 5.74) is 0.0648. The second-order valence-corrected chi connectivity index (χ2v) is 8.90. The van der Waals surface area contributed by atoms with Crippen LogP contribution in [-0.4, -0.2) is 57.4 Å². The molecule has 0 bridgehead atoms. The quantitative estimate of drug-likeness (QED) is 0.682. The van der Waals surface area contributed by atoms with Crippen LogP contribution < -0.4 is 10.6 Å². The fraction of sp³-hybridized carbons (Fsp3) is 0.529. The van der Waals surface area contributed by atoms with Crippen LogP contribution in [0.5, 0.6) is 0 Å². The normalized spacial score (nSPS) is 15.6. The lowest BCUT2D eigenvalue weighted by Crippen LogP contribution is -2.40. The molecular formula is C17H24ClN3O5S. The molecule has 1 saturated heterocycles. The van der Waals surface area contributed by atoms with E-state index in [1.807, 2.05) is 13.8 Å². The molecule has 0 spiro atoms. The maximum atomic E-state index is 12.7. The van der Waals surface area contributed by atoms with Gasteiger partial charge < -0.3 is 15.4 Å². The van der Waals surface area contributed by atoms with Crippen LogP contribution in [0.1, 0.15) is 20.3 Å². The molecule has 0 saturated carbocycles. The van der Waals surface area contributed by atoms with Crippen LogP contribution in [0, 0.1) is 5.92 Å². The largest absolute Gasteiger partial charge is 0.379 e. The van der Waals surface area contributed by atoms with Gasteiger partial charge in [-0.2, -0.15) is 4.31 Å². The molecule has 1 aromatic carbocycles. The predicted octanol–water partition coefficient (Wildman–Crippen LogP) is 1.46. The number of nitrogens with zero attached hydrogens (tertiary/aromatic N) is 1. The molecule has 27 heavy (non-hydrogen) atoms. The Balaban J connectivity index is 2.10. The van der Waals surface area contributed by atoms with Gasteiger partial charge in [-0.15, -0.1) is 0 Å². The van der Waals surface area contributed by atoms with Crippen LogP contribution in [0.3, 0.4) is 0 Å². The van der Waals surface area contributed by atoms with Gasteiger partial charge in [-0.25, -0.2) is 8.42 Å². The van der Waals surface area contributed by atoms with E-state index in [2.05, 4.69) is 10.6 Å². The summed E-state index contributed by atoms with van der Waals surface area (Å²) in [6, 6.07) is 4.00. The third-order valence-electron chi connectivity index (χ3n) is 4.01. The summed E-state index contributed by atoms with van der Waals surface area (Å²) in [5.74, 6) is -1.31. The number of morpholine rings is 1. The van der Waals surface area contributed by atoms with Crippen molar-refractivity contribution in [2.24, 2.45) is 5.92 Å². The standard InChI is InChI=1S/C17H24ClN3O5S/c1-12(2)5-6-19-16(22)17(23)20-15-11-13(3-4-14(15)18)27(24,25)21-7-9-26-10-8-21/h3-4,11-12H,5-10H2,1-2H3,(H,19,22)(H,20,23). The summed E-state index contributed by atoms with van der Waals surface area (Å²) in [5, 5.41) is 5.03. The summed E-state index contributed by atoms with van der Waals surface area (Å²) in [4.78, 5) is 23.9. The highest BCUT2D eigenvalue weighted by atomic mass is 35.5. The van der Waals surface area contributed by atoms with E-state index in [1.54, 1.807) is 0 Å². The van der Waals surface area contributed by atoms with Gasteiger partial charge in [-0.1, -0.05) is 25.4 Å². The molecule has 0 aliphatic carbocycles. The zero-order valence-electron chi connectivity index (χ0n) is 15.3. The van der Waals surface area contributed by atoms with Crippen LogP contribution >= 0.6 is 11.6 Å². The number of rotatable bonds is 6. The van der Waals surface area contributed by atoms with Crippen molar-refractivity contribution in [3.63, 3.8) is 0 Å². The Kier molecular flexibility index (Phi) is 7.60. The first-order valence-electron chi connectivity index (χ1n) is 8.68. The molecule has 1 fully saturated rings. The average molecular weight is 418 g/mol. The summed E-state index contributed by atoms with van der Waals surface area (Å²) in [7, 11) is -3.74. The number of anilines is 1. The van der Waals surface area contributed by atoms with Crippen molar-refractivity contribution in [1.29, 1.82) is 0 Å². The molecule has 2 rings (SSSR count). The van der Waals surface area contributed by atoms with E-state index in [0.29, 0.717) is 25.7 Å². The van der Waals surface area contributed by atoms with Crippen molar-refractivity contribution in [2.45, 2.75) is 25.2 Å². The summed E-state index contributed by atoms with van der Waals surface area (Å²) in [6.07, 6.45) is 0.743. The van der Waals surface area contributed by atoms with Crippen LogP contribution in [0.4, 0.5) is 5.69 Å². The van der Waals surface area contributed by atoms with E-state index < -0.39 is 21.8 Å². The molecule has 0 radical (unpaired) electrons. The second kappa shape index (κ2) is 9.50. The van der Waals surface area contributed by atoms with Crippen molar-refractivity contribution in [3.8, 4) is 0 Å². The third kappa shape index (κ3) is 5.90. The first-order valence-corrected chi connectivity index (χ1v) is 10.5. The number of nitrogens with one attached hydrogen (secondary N) is 2. The van der Waals surface area contributed by atoms with Crippen molar-refractivity contribution in [2.75, 3.05) is 38.2 Å². The molecule has 10 heteroatoms. The molecule has 8 nitrogen and oxygen atoms in total. The first-order chi connectivity index (χ1) is 12.7. The van der Waals surface area contributed by atoms with Gasteiger partial charge >= 0.3 is 11.8 Å². The predicted molar refractivity (Wildman–Crippen MR) is 102 cm³/mol. The lowest BCUT2D eigenvalue weighted by Gasteiger charge is -2.26. The molecule has 0 aromatic heterocycles. The number of carbonyl (C=O) groups is 2. The molecule has 1 aliphatic rings. The van der Waals surface area contributed by atoms with E-state index in [0.717, 1.165) is 6.42 Å². The SMILES string of the molecule is CC(C)CCNC(=O)C(=O)Nc1cc(S(=O)(=O)N2CCOCC2)ccc1Cl. The molecule has 0 unspecified atom stereocenters. The van der Waals surface area contributed by atoms with Crippen LogP contribution in [0.25, 0.3) is 0 Å². The number of benzene rings is 1. The molecule has 1 aromatic rings. The summed E-state index contributed by atoms with van der Waals surface area (Å²) < 4.78 is 31.9.